The van der Waals surface area contributed by atoms with E-state index in [9.17, 15) is 0 Å². The Morgan fingerprint density at radius 1 is 1.19 bits per heavy atom. The second-order valence-electron chi connectivity index (χ2n) is 3.67. The van der Waals surface area contributed by atoms with E-state index in [1.165, 1.54) is 0 Å². The third-order valence-corrected chi connectivity index (χ3v) is 2.42. The molecule has 0 radical (unpaired) electrons. The smallest absolute Gasteiger partial charge is 0.223 e. The number of pyridine rings is 1. The van der Waals surface area contributed by atoms with Crippen LogP contribution < -0.4 is 5.32 Å². The topological polar surface area (TPSA) is 50.7 Å². The first-order valence-electron chi connectivity index (χ1n) is 5.19. The summed E-state index contributed by atoms with van der Waals surface area (Å²) in [5, 5.41) is 3.18. The molecule has 0 aliphatic carbocycles. The molecule has 16 heavy (non-hydrogen) atoms. The van der Waals surface area contributed by atoms with Gasteiger partial charge in [-0.1, -0.05) is 0 Å². The summed E-state index contributed by atoms with van der Waals surface area (Å²) in [4.78, 5) is 12.5. The Labute approximate surface area is 94.8 Å². The van der Waals surface area contributed by atoms with Crippen LogP contribution >= 0.6 is 0 Å². The molecule has 2 heterocycles. The van der Waals surface area contributed by atoms with E-state index >= 15 is 0 Å². The van der Waals surface area contributed by atoms with E-state index in [1.807, 2.05) is 32.2 Å². The van der Waals surface area contributed by atoms with Crippen LogP contribution in [0.25, 0.3) is 0 Å². The van der Waals surface area contributed by atoms with Crippen molar-refractivity contribution in [3.63, 3.8) is 0 Å². The van der Waals surface area contributed by atoms with Gasteiger partial charge in [0.1, 0.15) is 0 Å². The lowest BCUT2D eigenvalue weighted by Crippen LogP contribution is -2.04. The maximum Gasteiger partial charge on any atom is 0.223 e. The van der Waals surface area contributed by atoms with Crippen molar-refractivity contribution in [3.8, 4) is 0 Å². The van der Waals surface area contributed by atoms with E-state index in [0.29, 0.717) is 12.5 Å². The third kappa shape index (κ3) is 2.53. The van der Waals surface area contributed by atoms with Gasteiger partial charge in [-0.15, -0.1) is 0 Å². The zero-order valence-electron chi connectivity index (χ0n) is 9.44. The molecule has 1 N–H and O–H groups in total. The lowest BCUT2D eigenvalue weighted by Gasteiger charge is -2.06. The van der Waals surface area contributed by atoms with Gasteiger partial charge in [0, 0.05) is 30.8 Å². The number of nitrogens with zero attached hydrogens (tertiary/aromatic N) is 3. The van der Waals surface area contributed by atoms with Crippen molar-refractivity contribution in [2.24, 2.45) is 0 Å². The molecule has 0 bridgehead atoms. The second-order valence-corrected chi connectivity index (χ2v) is 3.67. The summed E-state index contributed by atoms with van der Waals surface area (Å²) in [5.74, 6) is 0.667. The average molecular weight is 214 g/mol. The minimum atomic E-state index is 0.667. The maximum atomic E-state index is 4.35. The van der Waals surface area contributed by atoms with Gasteiger partial charge >= 0.3 is 0 Å². The van der Waals surface area contributed by atoms with Crippen molar-refractivity contribution in [1.82, 2.24) is 15.0 Å². The molecule has 0 aromatic carbocycles. The van der Waals surface area contributed by atoms with Crippen LogP contribution in [0.15, 0.2) is 30.7 Å². The number of hydrogen-bond acceptors (Lipinski definition) is 4. The Hall–Kier alpha value is -1.97. The van der Waals surface area contributed by atoms with Crippen molar-refractivity contribution in [3.05, 3.63) is 47.5 Å². The molecule has 0 amide bonds. The maximum absolute atomic E-state index is 4.35. The first kappa shape index (κ1) is 10.5. The van der Waals surface area contributed by atoms with Crippen LogP contribution in [0.1, 0.15) is 16.8 Å². The van der Waals surface area contributed by atoms with Gasteiger partial charge in [0.2, 0.25) is 5.95 Å². The van der Waals surface area contributed by atoms with Crippen LogP contribution in [-0.4, -0.2) is 15.0 Å². The van der Waals surface area contributed by atoms with Crippen LogP contribution in [-0.2, 0) is 6.54 Å². The normalized spacial score (nSPS) is 10.1. The predicted molar refractivity (Wildman–Crippen MR) is 63.1 cm³/mol. The summed E-state index contributed by atoms with van der Waals surface area (Å²) >= 11 is 0. The lowest BCUT2D eigenvalue weighted by atomic mass is 10.3. The number of aryl methyl sites for hydroxylation is 2. The number of anilines is 1. The number of rotatable bonds is 3. The van der Waals surface area contributed by atoms with Gasteiger partial charge in [-0.05, 0) is 37.1 Å². The van der Waals surface area contributed by atoms with Gasteiger partial charge in [-0.25, -0.2) is 9.97 Å². The Bertz CT molecular complexity index is 468. The molecule has 0 atom stereocenters. The van der Waals surface area contributed by atoms with Crippen molar-refractivity contribution < 1.29 is 0 Å². The first-order chi connectivity index (χ1) is 7.75. The third-order valence-electron chi connectivity index (χ3n) is 2.42. The molecular formula is C12H14N4. The Morgan fingerprint density at radius 3 is 2.62 bits per heavy atom. The zero-order chi connectivity index (χ0) is 11.4. The summed E-state index contributed by atoms with van der Waals surface area (Å²) in [5.41, 5.74) is 3.28. The molecule has 0 spiro atoms. The van der Waals surface area contributed by atoms with Crippen LogP contribution in [0.3, 0.4) is 0 Å². The number of hydrogen-bond donors (Lipinski definition) is 1. The summed E-state index contributed by atoms with van der Waals surface area (Å²) in [6.45, 7) is 4.70. The molecule has 0 aliphatic heterocycles. The highest BCUT2D eigenvalue weighted by Crippen LogP contribution is 2.06. The molecule has 4 nitrogen and oxygen atoms in total. The Morgan fingerprint density at radius 2 is 1.94 bits per heavy atom. The van der Waals surface area contributed by atoms with Gasteiger partial charge in [0.15, 0.2) is 0 Å². The van der Waals surface area contributed by atoms with Gasteiger partial charge in [-0.3, -0.25) is 4.98 Å². The fraction of sp³-hybridized carbons (Fsp3) is 0.250. The molecular weight excluding hydrogens is 200 g/mol. The minimum Gasteiger partial charge on any atom is -0.350 e. The summed E-state index contributed by atoms with van der Waals surface area (Å²) in [6.07, 6.45) is 5.38. The molecule has 2 rings (SSSR count). The zero-order valence-corrected chi connectivity index (χ0v) is 9.44. The van der Waals surface area contributed by atoms with Crippen molar-refractivity contribution in [2.45, 2.75) is 20.4 Å². The standard InChI is InChI=1S/C12H14N4/c1-9-7-14-12(16-10(9)2)15-8-11-3-5-13-6-4-11/h3-7H,8H2,1-2H3,(H,14,15,16). The quantitative estimate of drug-likeness (QED) is 0.850. The minimum absolute atomic E-state index is 0.667. The Kier molecular flexibility index (Phi) is 3.10. The van der Waals surface area contributed by atoms with Gasteiger partial charge < -0.3 is 5.32 Å². The highest BCUT2D eigenvalue weighted by Gasteiger charge is 1.99. The molecule has 0 fully saturated rings. The lowest BCUT2D eigenvalue weighted by molar-refractivity contribution is 1.01. The van der Waals surface area contributed by atoms with Crippen LogP contribution in [0.5, 0.6) is 0 Å². The predicted octanol–water partition coefficient (Wildman–Crippen LogP) is 2.10. The van der Waals surface area contributed by atoms with E-state index in [2.05, 4.69) is 20.3 Å². The van der Waals surface area contributed by atoms with Gasteiger partial charge in [0.05, 0.1) is 0 Å². The molecule has 2 aromatic heterocycles. The van der Waals surface area contributed by atoms with Crippen molar-refractivity contribution in [2.75, 3.05) is 5.32 Å². The molecule has 0 aliphatic rings. The average Bonchev–Trinajstić information content (AvgIpc) is 2.32. The van der Waals surface area contributed by atoms with E-state index < -0.39 is 0 Å². The van der Waals surface area contributed by atoms with Gasteiger partial charge in [0.25, 0.3) is 0 Å². The van der Waals surface area contributed by atoms with E-state index in [4.69, 9.17) is 0 Å². The molecule has 82 valence electrons. The number of aromatic nitrogens is 3. The van der Waals surface area contributed by atoms with Crippen LogP contribution in [0.4, 0.5) is 5.95 Å². The summed E-state index contributed by atoms with van der Waals surface area (Å²) in [6, 6.07) is 3.93. The van der Waals surface area contributed by atoms with E-state index in [-0.39, 0.29) is 0 Å². The fourth-order valence-electron chi connectivity index (χ4n) is 1.29. The largest absolute Gasteiger partial charge is 0.350 e. The monoisotopic (exact) mass is 214 g/mol. The summed E-state index contributed by atoms with van der Waals surface area (Å²) in [7, 11) is 0. The van der Waals surface area contributed by atoms with Crippen LogP contribution in [0.2, 0.25) is 0 Å². The molecule has 0 unspecified atom stereocenters. The molecule has 4 heteroatoms. The highest BCUT2D eigenvalue weighted by molar-refractivity contribution is 5.29. The highest BCUT2D eigenvalue weighted by atomic mass is 15.1. The molecule has 0 saturated heterocycles. The Balaban J connectivity index is 2.03. The summed E-state index contributed by atoms with van der Waals surface area (Å²) < 4.78 is 0. The fourth-order valence-corrected chi connectivity index (χ4v) is 1.29. The van der Waals surface area contributed by atoms with E-state index in [1.54, 1.807) is 12.4 Å². The SMILES string of the molecule is Cc1cnc(NCc2ccncc2)nc1C. The number of nitrogens with one attached hydrogen (secondary N) is 1. The van der Waals surface area contributed by atoms with Crippen molar-refractivity contribution >= 4 is 5.95 Å². The van der Waals surface area contributed by atoms with Crippen LogP contribution in [0, 0.1) is 13.8 Å². The molecule has 0 saturated carbocycles. The van der Waals surface area contributed by atoms with Gasteiger partial charge in [-0.2, -0.15) is 0 Å². The van der Waals surface area contributed by atoms with E-state index in [0.717, 1.165) is 16.8 Å². The second kappa shape index (κ2) is 4.70. The molecule has 2 aromatic rings. The van der Waals surface area contributed by atoms with Crippen molar-refractivity contribution in [1.29, 1.82) is 0 Å². The first-order valence-corrected chi connectivity index (χ1v) is 5.19.